The molecular formula is C25H23BrN4O6. The standard InChI is InChI=1S/C25H23BrN4O6/c1-3-35-22-12-17(14-27-29-25(32)18-5-4-6-20(13-18)30(33)34)11-21(26)24(22)36-15-23(31)28-19-9-7-16(2)8-10-19/h4-14H,3,15H2,1-2H3,(H,28,31)(H,29,32)/b27-14+. The maximum Gasteiger partial charge on any atom is 0.271 e. The van der Waals surface area contributed by atoms with E-state index in [1.165, 1.54) is 24.4 Å². The first-order valence-electron chi connectivity index (χ1n) is 10.8. The van der Waals surface area contributed by atoms with Gasteiger partial charge < -0.3 is 14.8 Å². The molecule has 3 aromatic carbocycles. The first-order chi connectivity index (χ1) is 17.3. The number of non-ortho nitro benzene ring substituents is 1. The number of benzene rings is 3. The molecule has 0 aliphatic rings. The van der Waals surface area contributed by atoms with Crippen LogP contribution in [0.4, 0.5) is 11.4 Å². The topological polar surface area (TPSA) is 132 Å². The van der Waals surface area contributed by atoms with Crippen LogP contribution >= 0.6 is 15.9 Å². The number of hydrazone groups is 1. The Hall–Kier alpha value is -4.25. The van der Waals surface area contributed by atoms with Gasteiger partial charge in [0.05, 0.1) is 22.2 Å². The molecule has 0 aliphatic heterocycles. The van der Waals surface area contributed by atoms with E-state index < -0.39 is 10.8 Å². The van der Waals surface area contributed by atoms with E-state index in [-0.39, 0.29) is 23.8 Å². The highest BCUT2D eigenvalue weighted by Gasteiger charge is 2.15. The summed E-state index contributed by atoms with van der Waals surface area (Å²) in [6.07, 6.45) is 1.39. The third kappa shape index (κ3) is 7.37. The molecule has 0 unspecified atom stereocenters. The molecule has 0 heterocycles. The van der Waals surface area contributed by atoms with E-state index in [4.69, 9.17) is 9.47 Å². The van der Waals surface area contributed by atoms with Gasteiger partial charge in [-0.25, -0.2) is 5.43 Å². The molecule has 0 saturated heterocycles. The molecule has 0 bridgehead atoms. The maximum absolute atomic E-state index is 12.3. The summed E-state index contributed by atoms with van der Waals surface area (Å²) in [7, 11) is 0. The predicted octanol–water partition coefficient (Wildman–Crippen LogP) is 4.85. The monoisotopic (exact) mass is 554 g/mol. The van der Waals surface area contributed by atoms with Crippen molar-refractivity contribution in [1.82, 2.24) is 5.43 Å². The van der Waals surface area contributed by atoms with Crippen LogP contribution in [0.3, 0.4) is 0 Å². The van der Waals surface area contributed by atoms with Gasteiger partial charge in [-0.15, -0.1) is 0 Å². The molecule has 0 aromatic heterocycles. The number of carbonyl (C=O) groups is 2. The quantitative estimate of drug-likeness (QED) is 0.209. The number of aryl methyl sites for hydroxylation is 1. The number of nitrogens with one attached hydrogen (secondary N) is 2. The van der Waals surface area contributed by atoms with Gasteiger partial charge in [0.2, 0.25) is 0 Å². The third-order valence-corrected chi connectivity index (χ3v) is 5.30. The number of hydrogen-bond acceptors (Lipinski definition) is 7. The second-order valence-corrected chi connectivity index (χ2v) is 8.33. The molecule has 3 rings (SSSR count). The number of nitro groups is 1. The maximum atomic E-state index is 12.3. The fourth-order valence-corrected chi connectivity index (χ4v) is 3.60. The number of halogens is 1. The van der Waals surface area contributed by atoms with E-state index in [0.717, 1.165) is 11.6 Å². The Bertz CT molecular complexity index is 1290. The third-order valence-electron chi connectivity index (χ3n) is 4.71. The van der Waals surface area contributed by atoms with E-state index in [2.05, 4.69) is 31.8 Å². The Kier molecular flexibility index (Phi) is 9.12. The summed E-state index contributed by atoms with van der Waals surface area (Å²) in [5.74, 6) is -0.212. The van der Waals surface area contributed by atoms with Crippen molar-refractivity contribution in [2.24, 2.45) is 5.10 Å². The summed E-state index contributed by atoms with van der Waals surface area (Å²) in [5, 5.41) is 17.6. The van der Waals surface area contributed by atoms with Crippen molar-refractivity contribution in [3.05, 3.63) is 91.9 Å². The van der Waals surface area contributed by atoms with Gasteiger partial charge in [-0.3, -0.25) is 19.7 Å². The molecule has 0 spiro atoms. The van der Waals surface area contributed by atoms with E-state index in [1.807, 2.05) is 26.0 Å². The molecular weight excluding hydrogens is 532 g/mol. The Labute approximate surface area is 215 Å². The van der Waals surface area contributed by atoms with Crippen molar-refractivity contribution in [3.8, 4) is 11.5 Å². The highest BCUT2D eigenvalue weighted by molar-refractivity contribution is 9.10. The van der Waals surface area contributed by atoms with Crippen molar-refractivity contribution >= 4 is 45.3 Å². The van der Waals surface area contributed by atoms with Gasteiger partial charge in [0, 0.05) is 23.4 Å². The van der Waals surface area contributed by atoms with Gasteiger partial charge in [0.15, 0.2) is 18.1 Å². The minimum Gasteiger partial charge on any atom is -0.490 e. The van der Waals surface area contributed by atoms with Crippen molar-refractivity contribution in [2.45, 2.75) is 13.8 Å². The molecule has 0 fully saturated rings. The molecule has 186 valence electrons. The first-order valence-corrected chi connectivity index (χ1v) is 11.6. The molecule has 2 amide bonds. The molecule has 0 aliphatic carbocycles. The van der Waals surface area contributed by atoms with Crippen molar-refractivity contribution in [2.75, 3.05) is 18.5 Å². The van der Waals surface area contributed by atoms with E-state index in [0.29, 0.717) is 33.8 Å². The largest absolute Gasteiger partial charge is 0.490 e. The van der Waals surface area contributed by atoms with Gasteiger partial charge in [0.1, 0.15) is 0 Å². The normalized spacial score (nSPS) is 10.6. The summed E-state index contributed by atoms with van der Waals surface area (Å²) in [6.45, 7) is 3.88. The molecule has 36 heavy (non-hydrogen) atoms. The summed E-state index contributed by atoms with van der Waals surface area (Å²) in [5.41, 5.74) is 4.56. The molecule has 2 N–H and O–H groups in total. The Morgan fingerprint density at radius 1 is 1.11 bits per heavy atom. The highest BCUT2D eigenvalue weighted by atomic mass is 79.9. The second-order valence-electron chi connectivity index (χ2n) is 7.47. The van der Waals surface area contributed by atoms with Crippen LogP contribution in [0.25, 0.3) is 0 Å². The van der Waals surface area contributed by atoms with Crippen LogP contribution in [0.2, 0.25) is 0 Å². The van der Waals surface area contributed by atoms with E-state index in [1.54, 1.807) is 24.3 Å². The van der Waals surface area contributed by atoms with Gasteiger partial charge in [-0.1, -0.05) is 23.8 Å². The number of nitro benzene ring substituents is 1. The lowest BCUT2D eigenvalue weighted by Gasteiger charge is -2.14. The van der Waals surface area contributed by atoms with Gasteiger partial charge in [-0.05, 0) is 65.7 Å². The zero-order chi connectivity index (χ0) is 26.1. The number of hydrogen-bond donors (Lipinski definition) is 2. The zero-order valence-corrected chi connectivity index (χ0v) is 21.1. The number of anilines is 1. The summed E-state index contributed by atoms with van der Waals surface area (Å²) in [6, 6.07) is 16.0. The molecule has 0 saturated carbocycles. The van der Waals surface area contributed by atoms with E-state index >= 15 is 0 Å². The van der Waals surface area contributed by atoms with Crippen LogP contribution in [-0.4, -0.2) is 36.2 Å². The Morgan fingerprint density at radius 2 is 1.86 bits per heavy atom. The van der Waals surface area contributed by atoms with Crippen molar-refractivity contribution in [1.29, 1.82) is 0 Å². The van der Waals surface area contributed by atoms with Gasteiger partial charge >= 0.3 is 0 Å². The van der Waals surface area contributed by atoms with Crippen LogP contribution in [0, 0.1) is 17.0 Å². The number of nitrogens with zero attached hydrogens (tertiary/aromatic N) is 2. The highest BCUT2D eigenvalue weighted by Crippen LogP contribution is 2.36. The van der Waals surface area contributed by atoms with Crippen LogP contribution in [0.15, 0.2) is 70.2 Å². The lowest BCUT2D eigenvalue weighted by molar-refractivity contribution is -0.384. The molecule has 0 atom stereocenters. The average molecular weight is 555 g/mol. The lowest BCUT2D eigenvalue weighted by Crippen LogP contribution is -2.20. The molecule has 11 heteroatoms. The number of amides is 2. The van der Waals surface area contributed by atoms with E-state index in [9.17, 15) is 19.7 Å². The molecule has 3 aromatic rings. The Morgan fingerprint density at radius 3 is 2.56 bits per heavy atom. The summed E-state index contributed by atoms with van der Waals surface area (Å²) in [4.78, 5) is 34.9. The van der Waals surface area contributed by atoms with Gasteiger partial charge in [-0.2, -0.15) is 5.10 Å². The number of carbonyl (C=O) groups excluding carboxylic acids is 2. The molecule has 0 radical (unpaired) electrons. The summed E-state index contributed by atoms with van der Waals surface area (Å²) >= 11 is 3.42. The van der Waals surface area contributed by atoms with Crippen molar-refractivity contribution < 1.29 is 24.0 Å². The van der Waals surface area contributed by atoms with Crippen molar-refractivity contribution in [3.63, 3.8) is 0 Å². The van der Waals surface area contributed by atoms with Gasteiger partial charge in [0.25, 0.3) is 17.5 Å². The lowest BCUT2D eigenvalue weighted by atomic mass is 10.2. The Balaban J connectivity index is 1.66. The summed E-state index contributed by atoms with van der Waals surface area (Å²) < 4.78 is 11.9. The number of rotatable bonds is 10. The second kappa shape index (κ2) is 12.5. The average Bonchev–Trinajstić information content (AvgIpc) is 2.85. The SMILES string of the molecule is CCOc1cc(/C=N/NC(=O)c2cccc([N+](=O)[O-])c2)cc(Br)c1OCC(=O)Nc1ccc(C)cc1. The molecule has 10 nitrogen and oxygen atoms in total. The minimum atomic E-state index is -0.599. The first kappa shape index (κ1) is 26.4. The van der Waals surface area contributed by atoms with Crippen LogP contribution in [-0.2, 0) is 4.79 Å². The predicted molar refractivity (Wildman–Crippen MR) is 139 cm³/mol. The fraction of sp³-hybridized carbons (Fsp3) is 0.160. The smallest absolute Gasteiger partial charge is 0.271 e. The number of ether oxygens (including phenoxy) is 2. The zero-order valence-electron chi connectivity index (χ0n) is 19.5. The minimum absolute atomic E-state index is 0.102. The van der Waals surface area contributed by atoms with Crippen LogP contribution in [0.1, 0.15) is 28.4 Å². The van der Waals surface area contributed by atoms with Crippen LogP contribution < -0.4 is 20.2 Å². The fourth-order valence-electron chi connectivity index (χ4n) is 3.03. The van der Waals surface area contributed by atoms with Crippen LogP contribution in [0.5, 0.6) is 11.5 Å².